The third kappa shape index (κ3) is 4.93. The molecule has 0 aromatic carbocycles. The van der Waals surface area contributed by atoms with Gasteiger partial charge in [0.05, 0.1) is 25.5 Å². The smallest absolute Gasteiger partial charge is 0.244 e. The van der Waals surface area contributed by atoms with Crippen molar-refractivity contribution >= 4 is 17.9 Å². The fourth-order valence-corrected chi connectivity index (χ4v) is 3.19. The highest BCUT2D eigenvalue weighted by molar-refractivity contribution is 5.91. The number of amides is 2. The lowest BCUT2D eigenvalue weighted by Crippen LogP contribution is -2.50. The largest absolute Gasteiger partial charge is 0.465 e. The number of nitrogens with one attached hydrogen (secondary N) is 1. The van der Waals surface area contributed by atoms with Crippen LogP contribution in [-0.4, -0.2) is 55.3 Å². The summed E-state index contributed by atoms with van der Waals surface area (Å²) in [4.78, 5) is 26.1. The number of hydrogen-bond acceptors (Lipinski definition) is 5. The van der Waals surface area contributed by atoms with Crippen LogP contribution >= 0.6 is 0 Å². The lowest BCUT2D eigenvalue weighted by atomic mass is 10.0. The zero-order valence-electron chi connectivity index (χ0n) is 14.2. The summed E-state index contributed by atoms with van der Waals surface area (Å²) in [6.45, 7) is 2.19. The molecule has 3 rings (SSSR count). The average Bonchev–Trinajstić information content (AvgIpc) is 3.33. The van der Waals surface area contributed by atoms with E-state index in [1.54, 1.807) is 24.5 Å². The Bertz CT molecular complexity index is 593. The number of furan rings is 1. The highest BCUT2D eigenvalue weighted by Crippen LogP contribution is 2.24. The van der Waals surface area contributed by atoms with Crippen molar-refractivity contribution in [3.63, 3.8) is 0 Å². The van der Waals surface area contributed by atoms with Crippen molar-refractivity contribution in [2.75, 3.05) is 26.3 Å². The molecule has 0 spiro atoms. The van der Waals surface area contributed by atoms with Gasteiger partial charge in [-0.2, -0.15) is 0 Å². The van der Waals surface area contributed by atoms with E-state index < -0.39 is 0 Å². The van der Waals surface area contributed by atoms with Crippen LogP contribution in [0.15, 0.2) is 28.9 Å². The summed E-state index contributed by atoms with van der Waals surface area (Å²) >= 11 is 0. The van der Waals surface area contributed by atoms with Gasteiger partial charge in [0.15, 0.2) is 6.29 Å². The van der Waals surface area contributed by atoms with E-state index in [0.29, 0.717) is 25.5 Å². The molecule has 2 aliphatic rings. The molecule has 3 heterocycles. The van der Waals surface area contributed by atoms with Gasteiger partial charge in [-0.25, -0.2) is 0 Å². The number of carbonyl (C=O) groups excluding carboxylic acids is 2. The molecule has 2 aliphatic heterocycles. The fourth-order valence-electron chi connectivity index (χ4n) is 3.19. The van der Waals surface area contributed by atoms with Gasteiger partial charge in [0, 0.05) is 25.6 Å². The molecule has 1 atom stereocenters. The van der Waals surface area contributed by atoms with Crippen LogP contribution in [0.3, 0.4) is 0 Å². The van der Waals surface area contributed by atoms with Gasteiger partial charge >= 0.3 is 0 Å². The Kier molecular flexibility index (Phi) is 6.25. The molecule has 0 aliphatic carbocycles. The van der Waals surface area contributed by atoms with Gasteiger partial charge in [0.1, 0.15) is 5.76 Å². The maximum atomic E-state index is 12.5. The summed E-state index contributed by atoms with van der Waals surface area (Å²) in [5.41, 5.74) is 0. The van der Waals surface area contributed by atoms with Gasteiger partial charge in [-0.3, -0.25) is 9.59 Å². The maximum Gasteiger partial charge on any atom is 0.244 e. The minimum absolute atomic E-state index is 0.0155. The molecule has 2 amide bonds. The number of ether oxygens (including phenoxy) is 2. The van der Waals surface area contributed by atoms with Crippen LogP contribution < -0.4 is 5.32 Å². The molecule has 1 aromatic rings. The molecule has 0 saturated carbocycles. The number of piperidine rings is 1. The van der Waals surface area contributed by atoms with Crippen molar-refractivity contribution in [2.24, 2.45) is 0 Å². The normalized spacial score (nSPS) is 21.8. The van der Waals surface area contributed by atoms with Gasteiger partial charge in [-0.05, 0) is 37.5 Å². The number of carbonyl (C=O) groups is 2. The molecule has 0 bridgehead atoms. The minimum atomic E-state index is -0.310. The summed E-state index contributed by atoms with van der Waals surface area (Å²) in [5, 5.41) is 2.72. The van der Waals surface area contributed by atoms with Crippen molar-refractivity contribution in [1.29, 1.82) is 0 Å². The Morgan fingerprint density at radius 2 is 2.12 bits per heavy atom. The van der Waals surface area contributed by atoms with Gasteiger partial charge in [0.25, 0.3) is 0 Å². The third-order valence-electron chi connectivity index (χ3n) is 4.41. The van der Waals surface area contributed by atoms with Crippen molar-refractivity contribution in [1.82, 2.24) is 10.2 Å². The molecule has 136 valence electrons. The van der Waals surface area contributed by atoms with Crippen LogP contribution in [-0.2, 0) is 19.1 Å². The maximum absolute atomic E-state index is 12.5. The summed E-state index contributed by atoms with van der Waals surface area (Å²) in [6.07, 6.45) is 7.45. The number of hydrogen-bond donors (Lipinski definition) is 1. The molecule has 1 aromatic heterocycles. The predicted octanol–water partition coefficient (Wildman–Crippen LogP) is 1.55. The van der Waals surface area contributed by atoms with Gasteiger partial charge in [-0.15, -0.1) is 0 Å². The number of nitrogens with zero attached hydrogens (tertiary/aromatic N) is 1. The SMILES string of the molecule is O=C(/C=C/c1ccco1)NCCC(=O)N1CCCCC1C1OCCO1. The first-order valence-electron chi connectivity index (χ1n) is 8.76. The first-order valence-corrected chi connectivity index (χ1v) is 8.76. The molecular formula is C18H24N2O5. The van der Waals surface area contributed by atoms with E-state index in [2.05, 4.69) is 5.32 Å². The van der Waals surface area contributed by atoms with Crippen molar-refractivity contribution in [2.45, 2.75) is 38.0 Å². The van der Waals surface area contributed by atoms with E-state index in [1.165, 1.54) is 6.08 Å². The van der Waals surface area contributed by atoms with Crippen LogP contribution in [0.5, 0.6) is 0 Å². The Balaban J connectivity index is 1.43. The lowest BCUT2D eigenvalue weighted by molar-refractivity contribution is -0.150. The van der Waals surface area contributed by atoms with Crippen LogP contribution in [0, 0.1) is 0 Å². The van der Waals surface area contributed by atoms with Crippen molar-refractivity contribution in [3.05, 3.63) is 30.2 Å². The third-order valence-corrected chi connectivity index (χ3v) is 4.41. The summed E-state index contributed by atoms with van der Waals surface area (Å²) in [6, 6.07) is 3.50. The highest BCUT2D eigenvalue weighted by Gasteiger charge is 2.35. The summed E-state index contributed by atoms with van der Waals surface area (Å²) < 4.78 is 16.3. The first-order chi connectivity index (χ1) is 12.2. The zero-order chi connectivity index (χ0) is 17.5. The van der Waals surface area contributed by atoms with E-state index in [4.69, 9.17) is 13.9 Å². The van der Waals surface area contributed by atoms with Crippen LogP contribution in [0.1, 0.15) is 31.4 Å². The molecule has 1 N–H and O–H groups in total. The molecule has 0 radical (unpaired) electrons. The Hall–Kier alpha value is -2.12. The number of rotatable bonds is 6. The summed E-state index contributed by atoms with van der Waals surface area (Å²) in [7, 11) is 0. The van der Waals surface area contributed by atoms with Gasteiger partial charge in [0.2, 0.25) is 11.8 Å². The van der Waals surface area contributed by atoms with Gasteiger partial charge < -0.3 is 24.1 Å². The van der Waals surface area contributed by atoms with Gasteiger partial charge in [-0.1, -0.05) is 0 Å². The molecule has 2 saturated heterocycles. The monoisotopic (exact) mass is 348 g/mol. The molecule has 1 unspecified atom stereocenters. The zero-order valence-corrected chi connectivity index (χ0v) is 14.2. The second kappa shape index (κ2) is 8.82. The lowest BCUT2D eigenvalue weighted by Gasteiger charge is -2.38. The second-order valence-corrected chi connectivity index (χ2v) is 6.15. The molecule has 7 nitrogen and oxygen atoms in total. The van der Waals surface area contributed by atoms with E-state index >= 15 is 0 Å². The van der Waals surface area contributed by atoms with Crippen LogP contribution in [0.25, 0.3) is 6.08 Å². The molecule has 7 heteroatoms. The standard InChI is InChI=1S/C18H24N2O5/c21-16(7-6-14-4-3-11-23-14)19-9-8-17(22)20-10-2-1-5-15(20)18-24-12-13-25-18/h3-4,6-7,11,15,18H,1-2,5,8-10,12-13H2,(H,19,21)/b7-6+. The molecular weight excluding hydrogens is 324 g/mol. The summed E-state index contributed by atoms with van der Waals surface area (Å²) in [5.74, 6) is 0.389. The molecule has 2 fully saturated rings. The fraction of sp³-hybridized carbons (Fsp3) is 0.556. The first kappa shape index (κ1) is 17.7. The van der Waals surface area contributed by atoms with E-state index in [0.717, 1.165) is 25.8 Å². The number of likely N-dealkylation sites (tertiary alicyclic amines) is 1. The minimum Gasteiger partial charge on any atom is -0.465 e. The predicted molar refractivity (Wildman–Crippen MR) is 90.4 cm³/mol. The molecule has 25 heavy (non-hydrogen) atoms. The Morgan fingerprint density at radius 3 is 2.88 bits per heavy atom. The topological polar surface area (TPSA) is 81.0 Å². The van der Waals surface area contributed by atoms with Crippen LogP contribution in [0.2, 0.25) is 0 Å². The second-order valence-electron chi connectivity index (χ2n) is 6.15. The van der Waals surface area contributed by atoms with E-state index in [9.17, 15) is 9.59 Å². The Morgan fingerprint density at radius 1 is 1.28 bits per heavy atom. The van der Waals surface area contributed by atoms with E-state index in [-0.39, 0.29) is 30.6 Å². The van der Waals surface area contributed by atoms with E-state index in [1.807, 2.05) is 4.90 Å². The highest BCUT2D eigenvalue weighted by atomic mass is 16.7. The van der Waals surface area contributed by atoms with Crippen LogP contribution in [0.4, 0.5) is 0 Å². The van der Waals surface area contributed by atoms with Crippen molar-refractivity contribution in [3.8, 4) is 0 Å². The quantitative estimate of drug-likeness (QED) is 0.789. The average molecular weight is 348 g/mol. The Labute approximate surface area is 146 Å². The van der Waals surface area contributed by atoms with Crippen molar-refractivity contribution < 1.29 is 23.5 Å².